The summed E-state index contributed by atoms with van der Waals surface area (Å²) >= 11 is 1.73. The molecule has 2 atom stereocenters. The minimum Gasteiger partial charge on any atom is -0.344 e. The Morgan fingerprint density at radius 1 is 1.04 bits per heavy atom. The van der Waals surface area contributed by atoms with Crippen LogP contribution in [-0.2, 0) is 9.59 Å². The maximum atomic E-state index is 13.9. The fourth-order valence-corrected chi connectivity index (χ4v) is 4.20. The van der Waals surface area contributed by atoms with Crippen molar-refractivity contribution in [3.05, 3.63) is 54.1 Å². The molecule has 26 heavy (non-hydrogen) atoms. The van der Waals surface area contributed by atoms with Crippen LogP contribution in [0.3, 0.4) is 0 Å². The molecule has 0 spiro atoms. The third kappa shape index (κ3) is 4.04. The lowest BCUT2D eigenvalue weighted by Crippen LogP contribution is -2.44. The van der Waals surface area contributed by atoms with E-state index in [1.165, 1.54) is 18.2 Å². The summed E-state index contributed by atoms with van der Waals surface area (Å²) in [6.07, 6.45) is 0. The van der Waals surface area contributed by atoms with Crippen molar-refractivity contribution in [3.8, 4) is 11.1 Å². The van der Waals surface area contributed by atoms with Crippen molar-refractivity contribution in [2.75, 3.05) is 16.8 Å². The molecule has 1 fully saturated rings. The largest absolute Gasteiger partial charge is 0.344 e. The molecule has 0 aliphatic carbocycles. The smallest absolute Gasteiger partial charge is 0.313 e. The van der Waals surface area contributed by atoms with Crippen molar-refractivity contribution < 1.29 is 18.4 Å². The van der Waals surface area contributed by atoms with Crippen LogP contribution in [0.5, 0.6) is 0 Å². The van der Waals surface area contributed by atoms with Gasteiger partial charge in [-0.25, -0.2) is 8.78 Å². The van der Waals surface area contributed by atoms with E-state index in [9.17, 15) is 18.4 Å². The van der Waals surface area contributed by atoms with Gasteiger partial charge in [0.2, 0.25) is 0 Å². The molecular formula is C19H18F2N2O2S. The number of hydrogen-bond acceptors (Lipinski definition) is 3. The fraction of sp³-hybridized carbons (Fsp3) is 0.263. The van der Waals surface area contributed by atoms with Gasteiger partial charge in [-0.1, -0.05) is 25.1 Å². The van der Waals surface area contributed by atoms with Crippen LogP contribution in [0.15, 0.2) is 42.5 Å². The van der Waals surface area contributed by atoms with Gasteiger partial charge in [0.1, 0.15) is 11.6 Å². The zero-order chi connectivity index (χ0) is 18.7. The van der Waals surface area contributed by atoms with E-state index in [0.717, 1.165) is 23.6 Å². The Morgan fingerprint density at radius 2 is 1.73 bits per heavy atom. The minimum absolute atomic E-state index is 0.0305. The number of nitrogens with one attached hydrogen (secondary N) is 2. The highest BCUT2D eigenvalue weighted by atomic mass is 32.2. The Morgan fingerprint density at radius 3 is 2.38 bits per heavy atom. The first-order chi connectivity index (χ1) is 12.5. The lowest BCUT2D eigenvalue weighted by atomic mass is 10.0. The molecular weight excluding hydrogens is 358 g/mol. The second-order valence-electron chi connectivity index (χ2n) is 6.23. The molecule has 4 nitrogen and oxygen atoms in total. The number of benzene rings is 2. The van der Waals surface area contributed by atoms with E-state index in [2.05, 4.69) is 10.6 Å². The second kappa shape index (κ2) is 7.86. The fourth-order valence-electron chi connectivity index (χ4n) is 2.79. The zero-order valence-electron chi connectivity index (χ0n) is 14.1. The number of hydrogen-bond donors (Lipinski definition) is 2. The van der Waals surface area contributed by atoms with E-state index in [0.29, 0.717) is 11.6 Å². The van der Waals surface area contributed by atoms with Crippen LogP contribution in [0.25, 0.3) is 11.1 Å². The molecule has 0 saturated carbocycles. The number of halogens is 2. The molecule has 2 aromatic carbocycles. The first-order valence-electron chi connectivity index (χ1n) is 8.19. The van der Waals surface area contributed by atoms with Gasteiger partial charge in [-0.3, -0.25) is 9.59 Å². The van der Waals surface area contributed by atoms with Crippen LogP contribution in [0.1, 0.15) is 6.92 Å². The normalized spacial score (nSPS) is 19.2. The van der Waals surface area contributed by atoms with Crippen LogP contribution in [0, 0.1) is 17.6 Å². The molecule has 1 saturated heterocycles. The van der Waals surface area contributed by atoms with E-state index in [1.54, 1.807) is 23.9 Å². The number of anilines is 1. The monoisotopic (exact) mass is 376 g/mol. The van der Waals surface area contributed by atoms with Crippen molar-refractivity contribution in [2.45, 2.75) is 13.0 Å². The summed E-state index contributed by atoms with van der Waals surface area (Å²) in [6, 6.07) is 9.67. The molecule has 3 rings (SSSR count). The minimum atomic E-state index is -0.805. The lowest BCUT2D eigenvalue weighted by Gasteiger charge is -2.16. The number of carbonyl (C=O) groups excluding carboxylic acids is 2. The Hall–Kier alpha value is -2.41. The van der Waals surface area contributed by atoms with Crippen LogP contribution in [0.4, 0.5) is 14.5 Å². The predicted octanol–water partition coefficient (Wildman–Crippen LogP) is 3.44. The second-order valence-corrected chi connectivity index (χ2v) is 7.30. The first kappa shape index (κ1) is 18.4. The van der Waals surface area contributed by atoms with Gasteiger partial charge in [-0.2, -0.15) is 11.8 Å². The van der Waals surface area contributed by atoms with Crippen molar-refractivity contribution in [2.24, 2.45) is 5.92 Å². The third-order valence-corrected chi connectivity index (χ3v) is 5.62. The maximum Gasteiger partial charge on any atom is 0.313 e. The summed E-state index contributed by atoms with van der Waals surface area (Å²) in [6.45, 7) is 2.02. The van der Waals surface area contributed by atoms with Gasteiger partial charge in [0, 0.05) is 17.5 Å². The maximum absolute atomic E-state index is 13.9. The molecule has 2 amide bonds. The summed E-state index contributed by atoms with van der Waals surface area (Å²) in [5, 5.41) is 5.20. The van der Waals surface area contributed by atoms with Gasteiger partial charge in [-0.15, -0.1) is 0 Å². The van der Waals surface area contributed by atoms with Gasteiger partial charge in [-0.05, 0) is 41.5 Å². The molecule has 0 radical (unpaired) electrons. The average Bonchev–Trinajstić information content (AvgIpc) is 3.00. The molecule has 2 N–H and O–H groups in total. The summed E-state index contributed by atoms with van der Waals surface area (Å²) < 4.78 is 27.9. The average molecular weight is 376 g/mol. The highest BCUT2D eigenvalue weighted by molar-refractivity contribution is 7.99. The molecule has 1 aliphatic heterocycles. The van der Waals surface area contributed by atoms with E-state index in [1.807, 2.05) is 6.92 Å². The van der Waals surface area contributed by atoms with Crippen molar-refractivity contribution in [1.82, 2.24) is 5.32 Å². The highest BCUT2D eigenvalue weighted by Crippen LogP contribution is 2.28. The van der Waals surface area contributed by atoms with E-state index < -0.39 is 23.4 Å². The van der Waals surface area contributed by atoms with Crippen LogP contribution in [0.2, 0.25) is 0 Å². The summed E-state index contributed by atoms with van der Waals surface area (Å²) in [7, 11) is 0. The Balaban J connectivity index is 1.72. The zero-order valence-corrected chi connectivity index (χ0v) is 14.9. The Kier molecular flexibility index (Phi) is 5.56. The first-order valence-corrected chi connectivity index (χ1v) is 9.35. The Labute approximate surface area is 154 Å². The number of thioether (sulfide) groups is 1. The van der Waals surface area contributed by atoms with Gasteiger partial charge < -0.3 is 10.6 Å². The third-order valence-electron chi connectivity index (χ3n) is 4.26. The van der Waals surface area contributed by atoms with Crippen molar-refractivity contribution in [1.29, 1.82) is 0 Å². The Bertz CT molecular complexity index is 824. The molecule has 0 bridgehead atoms. The number of carbonyl (C=O) groups is 2. The molecule has 1 heterocycles. The van der Waals surface area contributed by atoms with Gasteiger partial charge in [0.05, 0.1) is 5.56 Å². The molecule has 7 heteroatoms. The van der Waals surface area contributed by atoms with Crippen LogP contribution in [-0.4, -0.2) is 29.4 Å². The van der Waals surface area contributed by atoms with Gasteiger partial charge in [0.25, 0.3) is 0 Å². The predicted molar refractivity (Wildman–Crippen MR) is 98.8 cm³/mol. The van der Waals surface area contributed by atoms with Crippen LogP contribution >= 0.6 is 11.8 Å². The van der Waals surface area contributed by atoms with Crippen LogP contribution < -0.4 is 10.6 Å². The van der Waals surface area contributed by atoms with Crippen molar-refractivity contribution >= 4 is 29.3 Å². The SMILES string of the molecule is CC1CSCC1NC(=O)C(=O)Nc1cccc(-c2c(F)cccc2F)c1. The quantitative estimate of drug-likeness (QED) is 0.807. The van der Waals surface area contributed by atoms with Gasteiger partial charge in [0.15, 0.2) is 0 Å². The molecule has 136 valence electrons. The topological polar surface area (TPSA) is 58.2 Å². The summed E-state index contributed by atoms with van der Waals surface area (Å²) in [5.41, 5.74) is 0.392. The lowest BCUT2D eigenvalue weighted by molar-refractivity contribution is -0.136. The van der Waals surface area contributed by atoms with E-state index in [4.69, 9.17) is 0 Å². The standard InChI is InChI=1S/C19H18F2N2O2S/c1-11-9-26-10-16(11)23-19(25)18(24)22-13-5-2-4-12(8-13)17-14(20)6-3-7-15(17)21/h2-8,11,16H,9-10H2,1H3,(H,22,24)(H,23,25). The summed E-state index contributed by atoms with van der Waals surface area (Å²) in [4.78, 5) is 24.2. The molecule has 1 aliphatic rings. The summed E-state index contributed by atoms with van der Waals surface area (Å²) in [5.74, 6) is -0.875. The van der Waals surface area contributed by atoms with E-state index in [-0.39, 0.29) is 17.2 Å². The van der Waals surface area contributed by atoms with Gasteiger partial charge >= 0.3 is 11.8 Å². The molecule has 2 unspecified atom stereocenters. The van der Waals surface area contributed by atoms with Crippen molar-refractivity contribution in [3.63, 3.8) is 0 Å². The highest BCUT2D eigenvalue weighted by Gasteiger charge is 2.27. The molecule has 2 aromatic rings. The number of rotatable bonds is 3. The molecule has 0 aromatic heterocycles. The number of amides is 2. The van der Waals surface area contributed by atoms with E-state index >= 15 is 0 Å².